The maximum Gasteiger partial charge on any atom is 0.338 e. The number of methoxy groups -OCH3 is 2. The number of nitrogens with zero attached hydrogens (tertiary/aromatic N) is 2. The average Bonchev–Trinajstić information content (AvgIpc) is 3.26. The lowest BCUT2D eigenvalue weighted by atomic mass is 9.95. The van der Waals surface area contributed by atoms with Crippen molar-refractivity contribution >= 4 is 46.6 Å². The van der Waals surface area contributed by atoms with Gasteiger partial charge in [0.15, 0.2) is 4.80 Å². The molecule has 0 saturated carbocycles. The van der Waals surface area contributed by atoms with Gasteiger partial charge in [-0.15, -0.1) is 0 Å². The van der Waals surface area contributed by atoms with Crippen LogP contribution in [0.4, 0.5) is 0 Å². The Morgan fingerprint density at radius 3 is 2.55 bits per heavy atom. The fraction of sp³-hybridized carbons (Fsp3) is 0.167. The summed E-state index contributed by atoms with van der Waals surface area (Å²) in [6, 6.07) is 19.1. The summed E-state index contributed by atoms with van der Waals surface area (Å²) in [7, 11) is 2.81. The molecular weight excluding hydrogens is 571 g/mol. The Morgan fingerprint density at radius 2 is 1.80 bits per heavy atom. The van der Waals surface area contributed by atoms with Crippen molar-refractivity contribution in [3.63, 3.8) is 0 Å². The van der Waals surface area contributed by atoms with Crippen LogP contribution in [0.5, 0.6) is 11.5 Å². The van der Waals surface area contributed by atoms with E-state index in [0.29, 0.717) is 47.7 Å². The van der Waals surface area contributed by atoms with Crippen LogP contribution in [0, 0.1) is 0 Å². The minimum Gasteiger partial charge on any atom is -0.496 e. The highest BCUT2D eigenvalue weighted by molar-refractivity contribution is 7.07. The smallest absolute Gasteiger partial charge is 0.338 e. The normalized spacial score (nSPS) is 14.9. The number of ether oxygens (including phenoxy) is 3. The second kappa shape index (κ2) is 11.7. The van der Waals surface area contributed by atoms with Crippen LogP contribution in [0.15, 0.2) is 87.8 Å². The maximum absolute atomic E-state index is 14.0. The molecule has 7 nitrogen and oxygen atoms in total. The number of allylic oxidation sites excluding steroid dienone is 1. The minimum atomic E-state index is -0.855. The highest BCUT2D eigenvalue weighted by Crippen LogP contribution is 2.37. The van der Waals surface area contributed by atoms with E-state index < -0.39 is 12.0 Å². The number of carbonyl (C=O) groups is 1. The van der Waals surface area contributed by atoms with Gasteiger partial charge in [0.25, 0.3) is 5.56 Å². The summed E-state index contributed by atoms with van der Waals surface area (Å²) in [5.74, 6) is 0.465. The van der Waals surface area contributed by atoms with Crippen LogP contribution >= 0.6 is 34.5 Å². The van der Waals surface area contributed by atoms with Crippen molar-refractivity contribution in [3.8, 4) is 11.5 Å². The molecule has 0 aliphatic carbocycles. The van der Waals surface area contributed by atoms with Crippen molar-refractivity contribution in [2.75, 3.05) is 14.2 Å². The molecule has 1 aliphatic heterocycles. The molecule has 5 rings (SSSR count). The zero-order valence-corrected chi connectivity index (χ0v) is 24.1. The van der Waals surface area contributed by atoms with Gasteiger partial charge >= 0.3 is 5.97 Å². The third-order valence-electron chi connectivity index (χ3n) is 6.46. The zero-order chi connectivity index (χ0) is 28.4. The summed E-state index contributed by atoms with van der Waals surface area (Å²) in [6.45, 7) is 1.98. The first-order chi connectivity index (χ1) is 19.3. The summed E-state index contributed by atoms with van der Waals surface area (Å²) < 4.78 is 18.7. The lowest BCUT2D eigenvalue weighted by molar-refractivity contribution is -0.136. The van der Waals surface area contributed by atoms with E-state index in [2.05, 4.69) is 4.99 Å². The van der Waals surface area contributed by atoms with E-state index in [1.807, 2.05) is 48.5 Å². The van der Waals surface area contributed by atoms with Crippen LogP contribution < -0.4 is 24.4 Å². The Kier molecular flexibility index (Phi) is 8.12. The third-order valence-corrected chi connectivity index (χ3v) is 8.05. The number of esters is 1. The number of hydrogen-bond acceptors (Lipinski definition) is 7. The summed E-state index contributed by atoms with van der Waals surface area (Å²) in [5, 5.41) is 1.04. The number of halogens is 2. The van der Waals surface area contributed by atoms with Crippen molar-refractivity contribution in [3.05, 3.63) is 124 Å². The first kappa shape index (κ1) is 27.7. The molecule has 4 aromatic rings. The van der Waals surface area contributed by atoms with Gasteiger partial charge in [0.1, 0.15) is 24.1 Å². The highest BCUT2D eigenvalue weighted by atomic mass is 35.5. The fourth-order valence-corrected chi connectivity index (χ4v) is 5.96. The number of carbonyl (C=O) groups excluding carboxylic acids is 1. The molecule has 0 N–H and O–H groups in total. The van der Waals surface area contributed by atoms with Crippen LogP contribution in [-0.4, -0.2) is 24.8 Å². The number of thiazole rings is 1. The quantitative estimate of drug-likeness (QED) is 0.271. The van der Waals surface area contributed by atoms with Gasteiger partial charge in [0.2, 0.25) is 0 Å². The zero-order valence-electron chi connectivity index (χ0n) is 21.8. The predicted molar refractivity (Wildman–Crippen MR) is 156 cm³/mol. The van der Waals surface area contributed by atoms with Gasteiger partial charge in [0, 0.05) is 26.7 Å². The van der Waals surface area contributed by atoms with Gasteiger partial charge in [-0.2, -0.15) is 0 Å². The number of aromatic nitrogens is 1. The topological polar surface area (TPSA) is 79.1 Å². The van der Waals surface area contributed by atoms with Gasteiger partial charge in [-0.25, -0.2) is 9.79 Å². The Morgan fingerprint density at radius 1 is 1.05 bits per heavy atom. The monoisotopic (exact) mass is 594 g/mol. The number of hydrogen-bond donors (Lipinski definition) is 0. The van der Waals surface area contributed by atoms with Gasteiger partial charge in [-0.3, -0.25) is 9.36 Å². The third kappa shape index (κ3) is 5.30. The highest BCUT2D eigenvalue weighted by Gasteiger charge is 2.35. The molecule has 1 atom stereocenters. The summed E-state index contributed by atoms with van der Waals surface area (Å²) in [4.78, 5) is 32.0. The SMILES string of the molecule is COC(=O)C1=C(C)N=c2s/c(=C\c3ccccc3OCc3ccccc3Cl)c(=O)n2[C@@H]1c1cc(Cl)ccc1OC. The van der Waals surface area contributed by atoms with Gasteiger partial charge in [-0.05, 0) is 43.3 Å². The van der Waals surface area contributed by atoms with Crippen LogP contribution in [-0.2, 0) is 16.1 Å². The standard InChI is InChI=1S/C30H24Cl2N2O5S/c1-17-26(29(36)38-3)27(21-15-20(31)12-13-24(21)37-2)34-28(35)25(40-30(34)33-17)14-18-8-5-7-11-23(18)39-16-19-9-4-6-10-22(19)32/h4-15,27H,16H2,1-3H3/b25-14-/t27-/m1/s1. The number of rotatable bonds is 7. The maximum atomic E-state index is 14.0. The van der Waals surface area contributed by atoms with Crippen molar-refractivity contribution in [2.45, 2.75) is 19.6 Å². The first-order valence-corrected chi connectivity index (χ1v) is 13.8. The number of para-hydroxylation sites is 1. The first-order valence-electron chi connectivity index (χ1n) is 12.2. The lowest BCUT2D eigenvalue weighted by Gasteiger charge is -2.25. The largest absolute Gasteiger partial charge is 0.496 e. The molecule has 0 amide bonds. The molecule has 1 aliphatic rings. The van der Waals surface area contributed by atoms with Crippen LogP contribution in [0.1, 0.15) is 29.7 Å². The molecule has 3 aromatic carbocycles. The summed E-state index contributed by atoms with van der Waals surface area (Å²) in [5.41, 5.74) is 2.44. The van der Waals surface area contributed by atoms with Crippen molar-refractivity contribution in [2.24, 2.45) is 4.99 Å². The summed E-state index contributed by atoms with van der Waals surface area (Å²) in [6.07, 6.45) is 1.76. The molecule has 2 heterocycles. The Bertz CT molecular complexity index is 1830. The second-order valence-corrected chi connectivity index (χ2v) is 10.7. The van der Waals surface area contributed by atoms with Crippen molar-refractivity contribution in [1.82, 2.24) is 4.57 Å². The van der Waals surface area contributed by atoms with E-state index in [1.165, 1.54) is 30.1 Å². The van der Waals surface area contributed by atoms with E-state index >= 15 is 0 Å². The molecule has 204 valence electrons. The fourth-order valence-electron chi connectivity index (χ4n) is 4.55. The van der Waals surface area contributed by atoms with E-state index in [-0.39, 0.29) is 17.7 Å². The van der Waals surface area contributed by atoms with Crippen LogP contribution in [0.2, 0.25) is 10.0 Å². The summed E-state index contributed by atoms with van der Waals surface area (Å²) >= 11 is 13.9. The molecule has 1 aromatic heterocycles. The van der Waals surface area contributed by atoms with Gasteiger partial charge in [0.05, 0.1) is 30.0 Å². The lowest BCUT2D eigenvalue weighted by Crippen LogP contribution is -2.40. The van der Waals surface area contributed by atoms with E-state index in [4.69, 9.17) is 37.4 Å². The molecule has 0 unspecified atom stereocenters. The molecule has 0 saturated heterocycles. The van der Waals surface area contributed by atoms with E-state index in [1.54, 1.807) is 31.2 Å². The average molecular weight is 596 g/mol. The Labute approximate surface area is 244 Å². The molecule has 0 fully saturated rings. The van der Waals surface area contributed by atoms with Gasteiger partial charge in [-0.1, -0.05) is 70.9 Å². The van der Waals surface area contributed by atoms with Crippen molar-refractivity contribution in [1.29, 1.82) is 0 Å². The molecule has 0 radical (unpaired) electrons. The molecule has 10 heteroatoms. The Balaban J connectivity index is 1.65. The van der Waals surface area contributed by atoms with Crippen LogP contribution in [0.3, 0.4) is 0 Å². The van der Waals surface area contributed by atoms with Gasteiger partial charge < -0.3 is 14.2 Å². The second-order valence-electron chi connectivity index (χ2n) is 8.88. The van der Waals surface area contributed by atoms with Crippen molar-refractivity contribution < 1.29 is 19.0 Å². The molecular formula is C30H24Cl2N2O5S. The van der Waals surface area contributed by atoms with E-state index in [0.717, 1.165) is 5.56 Å². The molecule has 0 bridgehead atoms. The number of benzene rings is 3. The minimum absolute atomic E-state index is 0.227. The van der Waals surface area contributed by atoms with Crippen LogP contribution in [0.25, 0.3) is 6.08 Å². The molecule has 0 spiro atoms. The molecule has 40 heavy (non-hydrogen) atoms. The Hall–Kier alpha value is -3.85. The predicted octanol–water partition coefficient (Wildman–Crippen LogP) is 5.30. The number of fused-ring (bicyclic) bond motifs is 1. The van der Waals surface area contributed by atoms with E-state index in [9.17, 15) is 9.59 Å².